The molecule has 0 unspecified atom stereocenters. The van der Waals surface area contributed by atoms with Crippen LogP contribution in [0.1, 0.15) is 20.8 Å². The molecule has 1 aromatic carbocycles. The first-order chi connectivity index (χ1) is 8.47. The molecule has 0 atom stereocenters. The van der Waals surface area contributed by atoms with Crippen LogP contribution in [0.3, 0.4) is 0 Å². The van der Waals surface area contributed by atoms with Gasteiger partial charge < -0.3 is 15.4 Å². The quantitative estimate of drug-likeness (QED) is 0.840. The summed E-state index contributed by atoms with van der Waals surface area (Å²) >= 11 is 0. The van der Waals surface area contributed by atoms with Crippen molar-refractivity contribution in [2.24, 2.45) is 0 Å². The number of ether oxygens (including phenoxy) is 1. The summed E-state index contributed by atoms with van der Waals surface area (Å²) in [6.45, 7) is 5.22. The van der Waals surface area contributed by atoms with Crippen molar-refractivity contribution < 1.29 is 14.3 Å². The third kappa shape index (κ3) is 5.45. The van der Waals surface area contributed by atoms with Gasteiger partial charge in [0.15, 0.2) is 0 Å². The minimum Gasteiger partial charge on any atom is -0.369 e. The Kier molecular flexibility index (Phi) is 5.32. The highest BCUT2D eigenvalue weighted by Gasteiger charge is 2.04. The highest BCUT2D eigenvalue weighted by atomic mass is 16.5. The number of amides is 2. The fourth-order valence-corrected chi connectivity index (χ4v) is 1.28. The molecule has 0 fully saturated rings. The van der Waals surface area contributed by atoms with Crippen molar-refractivity contribution in [1.82, 2.24) is 0 Å². The van der Waals surface area contributed by atoms with Gasteiger partial charge in [0.2, 0.25) is 11.8 Å². The molecule has 0 radical (unpaired) electrons. The maximum absolute atomic E-state index is 11.5. The number of nitrogens with one attached hydrogen (secondary N) is 2. The van der Waals surface area contributed by atoms with E-state index in [1.165, 1.54) is 6.92 Å². The van der Waals surface area contributed by atoms with E-state index in [0.717, 1.165) is 0 Å². The van der Waals surface area contributed by atoms with Gasteiger partial charge in [-0.3, -0.25) is 9.59 Å². The fourth-order valence-electron chi connectivity index (χ4n) is 1.28. The van der Waals surface area contributed by atoms with E-state index in [1.54, 1.807) is 24.3 Å². The second kappa shape index (κ2) is 6.76. The molecule has 0 aliphatic carbocycles. The molecule has 1 rings (SSSR count). The predicted molar refractivity (Wildman–Crippen MR) is 70.5 cm³/mol. The zero-order valence-corrected chi connectivity index (χ0v) is 10.8. The zero-order chi connectivity index (χ0) is 13.5. The van der Waals surface area contributed by atoms with Gasteiger partial charge in [0.25, 0.3) is 0 Å². The Morgan fingerprint density at radius 1 is 1.11 bits per heavy atom. The lowest BCUT2D eigenvalue weighted by Crippen LogP contribution is -2.20. The summed E-state index contributed by atoms with van der Waals surface area (Å²) in [5, 5.41) is 5.35. The summed E-state index contributed by atoms with van der Waals surface area (Å²) in [4.78, 5) is 22.3. The molecule has 2 N–H and O–H groups in total. The second-order valence-corrected chi connectivity index (χ2v) is 4.17. The Morgan fingerprint density at radius 2 is 1.61 bits per heavy atom. The number of benzene rings is 1. The van der Waals surface area contributed by atoms with Crippen molar-refractivity contribution in [1.29, 1.82) is 0 Å². The molecule has 0 saturated heterocycles. The molecular weight excluding hydrogens is 232 g/mol. The molecule has 1 aromatic rings. The Hall–Kier alpha value is -1.88. The van der Waals surface area contributed by atoms with Crippen molar-refractivity contribution >= 4 is 23.2 Å². The second-order valence-electron chi connectivity index (χ2n) is 4.17. The van der Waals surface area contributed by atoms with Crippen molar-refractivity contribution in [3.8, 4) is 0 Å². The van der Waals surface area contributed by atoms with Crippen molar-refractivity contribution in [3.63, 3.8) is 0 Å². The van der Waals surface area contributed by atoms with E-state index in [1.807, 2.05) is 13.8 Å². The van der Waals surface area contributed by atoms with Crippen LogP contribution in [0.2, 0.25) is 0 Å². The third-order valence-corrected chi connectivity index (χ3v) is 2.04. The minimum atomic E-state index is -0.198. The maximum atomic E-state index is 11.5. The molecule has 0 saturated carbocycles. The first kappa shape index (κ1) is 14.2. The van der Waals surface area contributed by atoms with Crippen molar-refractivity contribution in [2.45, 2.75) is 26.9 Å². The van der Waals surface area contributed by atoms with Crippen molar-refractivity contribution in [3.05, 3.63) is 24.3 Å². The van der Waals surface area contributed by atoms with Crippen LogP contribution >= 0.6 is 0 Å². The summed E-state index contributed by atoms with van der Waals surface area (Å²) in [5.41, 5.74) is 1.36. The van der Waals surface area contributed by atoms with E-state index < -0.39 is 0 Å². The van der Waals surface area contributed by atoms with Crippen LogP contribution in [0.4, 0.5) is 11.4 Å². The minimum absolute atomic E-state index is 0.0258. The van der Waals surface area contributed by atoms with E-state index in [0.29, 0.717) is 11.4 Å². The Balaban J connectivity index is 2.48. The van der Waals surface area contributed by atoms with Gasteiger partial charge in [0.1, 0.15) is 6.61 Å². The average Bonchev–Trinajstić information content (AvgIpc) is 2.28. The number of carbonyl (C=O) groups excluding carboxylic acids is 2. The molecule has 0 spiro atoms. The van der Waals surface area contributed by atoms with E-state index in [-0.39, 0.29) is 24.5 Å². The number of carbonyl (C=O) groups is 2. The lowest BCUT2D eigenvalue weighted by Gasteiger charge is -2.09. The molecular formula is C13H18N2O3. The molecule has 0 aliphatic heterocycles. The van der Waals surface area contributed by atoms with Gasteiger partial charge >= 0.3 is 0 Å². The van der Waals surface area contributed by atoms with Gasteiger partial charge in [-0.05, 0) is 38.1 Å². The summed E-state index contributed by atoms with van der Waals surface area (Å²) in [7, 11) is 0. The molecule has 5 nitrogen and oxygen atoms in total. The van der Waals surface area contributed by atoms with Gasteiger partial charge in [-0.2, -0.15) is 0 Å². The standard InChI is InChI=1S/C13H18N2O3/c1-9(2)18-8-13(17)15-12-6-4-11(5-7-12)14-10(3)16/h4-7,9H,8H2,1-3H3,(H,14,16)(H,15,17). The van der Waals surface area contributed by atoms with Crippen molar-refractivity contribution in [2.75, 3.05) is 17.2 Å². The van der Waals surface area contributed by atoms with Gasteiger partial charge in [-0.15, -0.1) is 0 Å². The molecule has 0 heterocycles. The predicted octanol–water partition coefficient (Wildman–Crippen LogP) is 2.01. The topological polar surface area (TPSA) is 67.4 Å². The number of rotatable bonds is 5. The first-order valence-corrected chi connectivity index (χ1v) is 5.76. The van der Waals surface area contributed by atoms with Gasteiger partial charge in [-0.1, -0.05) is 0 Å². The van der Waals surface area contributed by atoms with Crippen LogP contribution < -0.4 is 10.6 Å². The first-order valence-electron chi connectivity index (χ1n) is 5.76. The molecule has 2 amide bonds. The molecule has 18 heavy (non-hydrogen) atoms. The Morgan fingerprint density at radius 3 is 2.06 bits per heavy atom. The van der Waals surface area contributed by atoms with Crippen LogP contribution in [-0.4, -0.2) is 24.5 Å². The monoisotopic (exact) mass is 250 g/mol. The van der Waals surface area contributed by atoms with Crippen LogP contribution in [0.15, 0.2) is 24.3 Å². The zero-order valence-electron chi connectivity index (χ0n) is 10.8. The van der Waals surface area contributed by atoms with Crippen LogP contribution in [-0.2, 0) is 14.3 Å². The third-order valence-electron chi connectivity index (χ3n) is 2.04. The van der Waals surface area contributed by atoms with Crippen LogP contribution in [0.25, 0.3) is 0 Å². The summed E-state index contributed by atoms with van der Waals surface area (Å²) in [6, 6.07) is 6.89. The van der Waals surface area contributed by atoms with E-state index in [4.69, 9.17) is 4.74 Å². The van der Waals surface area contributed by atoms with Gasteiger partial charge in [-0.25, -0.2) is 0 Å². The number of hydrogen-bond donors (Lipinski definition) is 2. The lowest BCUT2D eigenvalue weighted by molar-refractivity contribution is -0.122. The largest absolute Gasteiger partial charge is 0.369 e. The molecule has 5 heteroatoms. The summed E-state index contributed by atoms with van der Waals surface area (Å²) in [6.07, 6.45) is 0.0258. The molecule has 98 valence electrons. The van der Waals surface area contributed by atoms with Crippen LogP contribution in [0, 0.1) is 0 Å². The lowest BCUT2D eigenvalue weighted by atomic mass is 10.2. The Labute approximate surface area is 107 Å². The normalized spacial score (nSPS) is 10.2. The number of anilines is 2. The summed E-state index contributed by atoms with van der Waals surface area (Å²) < 4.78 is 5.18. The van der Waals surface area contributed by atoms with E-state index >= 15 is 0 Å². The maximum Gasteiger partial charge on any atom is 0.250 e. The number of hydrogen-bond acceptors (Lipinski definition) is 3. The van der Waals surface area contributed by atoms with E-state index in [9.17, 15) is 9.59 Å². The average molecular weight is 250 g/mol. The van der Waals surface area contributed by atoms with Gasteiger partial charge in [0, 0.05) is 18.3 Å². The van der Waals surface area contributed by atoms with Crippen LogP contribution in [0.5, 0.6) is 0 Å². The molecule has 0 aromatic heterocycles. The van der Waals surface area contributed by atoms with Gasteiger partial charge in [0.05, 0.1) is 6.10 Å². The highest BCUT2D eigenvalue weighted by molar-refractivity contribution is 5.92. The smallest absolute Gasteiger partial charge is 0.250 e. The molecule has 0 aliphatic rings. The molecule has 0 bridgehead atoms. The highest BCUT2D eigenvalue weighted by Crippen LogP contribution is 2.13. The SMILES string of the molecule is CC(=O)Nc1ccc(NC(=O)COC(C)C)cc1. The Bertz CT molecular complexity index is 413. The summed E-state index contributed by atoms with van der Waals surface area (Å²) in [5.74, 6) is -0.326. The fraction of sp³-hybridized carbons (Fsp3) is 0.385. The van der Waals surface area contributed by atoms with E-state index in [2.05, 4.69) is 10.6 Å².